The predicted molar refractivity (Wildman–Crippen MR) is 111 cm³/mol. The zero-order chi connectivity index (χ0) is 19.9. The minimum atomic E-state index is -0.551. The fraction of sp³-hybridized carbons (Fsp3) is 0.333. The highest BCUT2D eigenvalue weighted by atomic mass is 32.1. The van der Waals surface area contributed by atoms with Gasteiger partial charge >= 0.3 is 6.09 Å². The largest absolute Gasteiger partial charge is 0.444 e. The normalized spacial score (nSPS) is 11.4. The zero-order valence-corrected chi connectivity index (χ0v) is 17.0. The lowest BCUT2D eigenvalue weighted by Gasteiger charge is -2.27. The summed E-state index contributed by atoms with van der Waals surface area (Å²) in [5, 5.41) is 6.82. The van der Waals surface area contributed by atoms with Gasteiger partial charge in [0.05, 0.1) is 6.54 Å². The molecule has 2 aromatic rings. The molecule has 1 aromatic heterocycles. The van der Waals surface area contributed by atoms with Crippen LogP contribution >= 0.6 is 11.3 Å². The zero-order valence-electron chi connectivity index (χ0n) is 16.2. The summed E-state index contributed by atoms with van der Waals surface area (Å²) in [6.45, 7) is 8.28. The Labute approximate surface area is 164 Å². The van der Waals surface area contributed by atoms with Crippen molar-refractivity contribution in [2.45, 2.75) is 39.8 Å². The molecule has 0 radical (unpaired) electrons. The molecule has 0 atom stereocenters. The molecule has 1 N–H and O–H groups in total. The van der Waals surface area contributed by atoms with Crippen LogP contribution in [-0.4, -0.2) is 29.0 Å². The average molecular weight is 387 g/mol. The minimum Gasteiger partial charge on any atom is -0.444 e. The Balaban J connectivity index is 2.07. The molecule has 27 heavy (non-hydrogen) atoms. The lowest BCUT2D eigenvalue weighted by molar-refractivity contribution is -0.111. The van der Waals surface area contributed by atoms with Gasteiger partial charge in [0.15, 0.2) is 0 Å². The smallest absolute Gasteiger partial charge is 0.410 e. The van der Waals surface area contributed by atoms with Gasteiger partial charge in [-0.3, -0.25) is 4.79 Å². The molecule has 0 spiro atoms. The second-order valence-electron chi connectivity index (χ2n) is 7.03. The van der Waals surface area contributed by atoms with Crippen LogP contribution in [0, 0.1) is 0 Å². The summed E-state index contributed by atoms with van der Waals surface area (Å²) in [7, 11) is 0. The fourth-order valence-corrected chi connectivity index (χ4v) is 2.96. The van der Waals surface area contributed by atoms with Gasteiger partial charge in [0.1, 0.15) is 5.60 Å². The van der Waals surface area contributed by atoms with E-state index in [0.717, 1.165) is 11.1 Å². The Morgan fingerprint density at radius 2 is 1.96 bits per heavy atom. The summed E-state index contributed by atoms with van der Waals surface area (Å²) >= 11 is 1.58. The number of amides is 2. The minimum absolute atomic E-state index is 0.214. The van der Waals surface area contributed by atoms with Crippen molar-refractivity contribution in [1.82, 2.24) is 4.90 Å². The molecule has 0 aliphatic carbocycles. The Morgan fingerprint density at radius 1 is 1.22 bits per heavy atom. The Morgan fingerprint density at radius 3 is 2.59 bits per heavy atom. The summed E-state index contributed by atoms with van der Waals surface area (Å²) in [4.78, 5) is 26.2. The lowest BCUT2D eigenvalue weighted by atomic mass is 10.1. The number of hydrogen-bond donors (Lipinski definition) is 1. The molecule has 2 rings (SSSR count). The van der Waals surface area contributed by atoms with Crippen molar-refractivity contribution >= 4 is 35.1 Å². The maximum absolute atomic E-state index is 12.4. The fourth-order valence-electron chi connectivity index (χ4n) is 2.33. The van der Waals surface area contributed by atoms with E-state index in [0.29, 0.717) is 18.8 Å². The van der Waals surface area contributed by atoms with Crippen molar-refractivity contribution in [2.75, 3.05) is 11.9 Å². The molecule has 5 nitrogen and oxygen atoms in total. The molecule has 6 heteroatoms. The maximum atomic E-state index is 12.4. The number of thiophene rings is 1. The molecule has 2 amide bonds. The molecule has 0 saturated carbocycles. The van der Waals surface area contributed by atoms with Crippen molar-refractivity contribution in [1.29, 1.82) is 0 Å². The molecule has 0 aliphatic rings. The summed E-state index contributed by atoms with van der Waals surface area (Å²) in [6, 6.07) is 9.41. The summed E-state index contributed by atoms with van der Waals surface area (Å²) in [6.07, 6.45) is 2.90. The molecule has 0 bridgehead atoms. The summed E-state index contributed by atoms with van der Waals surface area (Å²) < 4.78 is 5.45. The van der Waals surface area contributed by atoms with Crippen LogP contribution in [-0.2, 0) is 16.1 Å². The van der Waals surface area contributed by atoms with Crippen LogP contribution in [0.5, 0.6) is 0 Å². The van der Waals surface area contributed by atoms with Gasteiger partial charge in [-0.05, 0) is 67.8 Å². The number of nitrogens with zero attached hydrogens (tertiary/aromatic N) is 1. The second kappa shape index (κ2) is 9.37. The Bertz CT molecular complexity index is 792. The number of para-hydroxylation sites is 1. The third-order valence-corrected chi connectivity index (χ3v) is 4.34. The van der Waals surface area contributed by atoms with Crippen LogP contribution in [0.3, 0.4) is 0 Å². The number of benzene rings is 1. The number of nitrogens with one attached hydrogen (secondary N) is 1. The molecule has 144 valence electrons. The number of hydrogen-bond acceptors (Lipinski definition) is 4. The van der Waals surface area contributed by atoms with Crippen molar-refractivity contribution in [2.24, 2.45) is 0 Å². The first-order chi connectivity index (χ1) is 12.8. The summed E-state index contributed by atoms with van der Waals surface area (Å²) in [5.41, 5.74) is 1.97. The standard InChI is InChI=1S/C21H26N2O3S/c1-5-23(20(25)26-21(2,3)4)14-17-8-6-7-9-18(17)22-19(24)11-10-16-12-13-27-15-16/h6-13,15H,5,14H2,1-4H3,(H,22,24)/b11-10+. The highest BCUT2D eigenvalue weighted by molar-refractivity contribution is 7.08. The number of carbonyl (C=O) groups is 2. The van der Waals surface area contributed by atoms with E-state index in [2.05, 4.69) is 5.32 Å². The topological polar surface area (TPSA) is 58.6 Å². The van der Waals surface area contributed by atoms with Crippen LogP contribution in [0.2, 0.25) is 0 Å². The number of ether oxygens (including phenoxy) is 1. The highest BCUT2D eigenvalue weighted by Crippen LogP contribution is 2.19. The number of carbonyl (C=O) groups excluding carboxylic acids is 2. The monoisotopic (exact) mass is 386 g/mol. The second-order valence-corrected chi connectivity index (χ2v) is 7.81. The van der Waals surface area contributed by atoms with Gasteiger partial charge in [0.25, 0.3) is 0 Å². The first-order valence-electron chi connectivity index (χ1n) is 8.85. The van der Waals surface area contributed by atoms with E-state index in [1.807, 2.05) is 68.8 Å². The lowest BCUT2D eigenvalue weighted by Crippen LogP contribution is -2.36. The van der Waals surface area contributed by atoms with Crippen molar-refractivity contribution < 1.29 is 14.3 Å². The van der Waals surface area contributed by atoms with E-state index in [9.17, 15) is 9.59 Å². The van der Waals surface area contributed by atoms with Crippen LogP contribution in [0.15, 0.2) is 47.2 Å². The SMILES string of the molecule is CCN(Cc1ccccc1NC(=O)/C=C/c1ccsc1)C(=O)OC(C)(C)C. The van der Waals surface area contributed by atoms with Crippen LogP contribution < -0.4 is 5.32 Å². The van der Waals surface area contributed by atoms with E-state index in [1.54, 1.807) is 22.3 Å². The quantitative estimate of drug-likeness (QED) is 0.698. The van der Waals surface area contributed by atoms with Crippen LogP contribution in [0.1, 0.15) is 38.8 Å². The molecule has 0 unspecified atom stereocenters. The van der Waals surface area contributed by atoms with Gasteiger partial charge in [-0.1, -0.05) is 18.2 Å². The van der Waals surface area contributed by atoms with Crippen molar-refractivity contribution in [3.8, 4) is 0 Å². The number of rotatable bonds is 6. The Kier molecular flexibility index (Phi) is 7.19. The molecule has 1 aromatic carbocycles. The van der Waals surface area contributed by atoms with Crippen LogP contribution in [0.25, 0.3) is 6.08 Å². The van der Waals surface area contributed by atoms with E-state index < -0.39 is 5.60 Å². The third-order valence-electron chi connectivity index (χ3n) is 3.64. The van der Waals surface area contributed by atoms with Crippen molar-refractivity contribution in [3.05, 3.63) is 58.3 Å². The van der Waals surface area contributed by atoms with Gasteiger partial charge in [0, 0.05) is 18.3 Å². The Hall–Kier alpha value is -2.60. The molecular weight excluding hydrogens is 360 g/mol. The van der Waals surface area contributed by atoms with E-state index in [-0.39, 0.29) is 12.0 Å². The van der Waals surface area contributed by atoms with E-state index in [1.165, 1.54) is 6.08 Å². The first-order valence-corrected chi connectivity index (χ1v) is 9.80. The first kappa shape index (κ1) is 20.7. The van der Waals surface area contributed by atoms with Gasteiger partial charge < -0.3 is 15.0 Å². The van der Waals surface area contributed by atoms with Crippen molar-refractivity contribution in [3.63, 3.8) is 0 Å². The van der Waals surface area contributed by atoms with Gasteiger partial charge in [0.2, 0.25) is 5.91 Å². The third kappa shape index (κ3) is 6.90. The molecule has 1 heterocycles. The number of anilines is 1. The molecule has 0 saturated heterocycles. The van der Waals surface area contributed by atoms with E-state index in [4.69, 9.17) is 4.74 Å². The summed E-state index contributed by atoms with van der Waals surface area (Å²) in [5.74, 6) is -0.214. The maximum Gasteiger partial charge on any atom is 0.410 e. The van der Waals surface area contributed by atoms with Gasteiger partial charge in [-0.2, -0.15) is 11.3 Å². The molecular formula is C21H26N2O3S. The molecule has 0 aliphatic heterocycles. The average Bonchev–Trinajstić information content (AvgIpc) is 3.11. The highest BCUT2D eigenvalue weighted by Gasteiger charge is 2.22. The van der Waals surface area contributed by atoms with Crippen LogP contribution in [0.4, 0.5) is 10.5 Å². The molecule has 0 fully saturated rings. The van der Waals surface area contributed by atoms with Gasteiger partial charge in [-0.25, -0.2) is 4.79 Å². The van der Waals surface area contributed by atoms with E-state index >= 15 is 0 Å². The predicted octanol–water partition coefficient (Wildman–Crippen LogP) is 5.16. The van der Waals surface area contributed by atoms with Gasteiger partial charge in [-0.15, -0.1) is 0 Å².